The fraction of sp³-hybridized carbons (Fsp3) is 0.446. The fourth-order valence-corrected chi connectivity index (χ4v) is 14.7. The van der Waals surface area contributed by atoms with Gasteiger partial charge < -0.3 is 43.6 Å². The van der Waals surface area contributed by atoms with E-state index in [4.69, 9.17) is 57.3 Å². The molecule has 4 atom stereocenters. The number of hydrogen-bond donors (Lipinski definition) is 0. The lowest BCUT2D eigenvalue weighted by Crippen LogP contribution is -2.55. The number of halogens is 6. The van der Waals surface area contributed by atoms with E-state index in [1.165, 1.54) is 15.9 Å². The quantitative estimate of drug-likeness (QED) is 0.0658. The number of nitrogens with zero attached hydrogens (tertiary/aromatic N) is 13. The van der Waals surface area contributed by atoms with Crippen LogP contribution in [0, 0.1) is 40.2 Å². The molecule has 6 aromatic rings. The molecule has 0 bridgehead atoms. The molecule has 18 nitrogen and oxygen atoms in total. The van der Waals surface area contributed by atoms with Crippen molar-refractivity contribution in [3.8, 4) is 24.2 Å². The minimum absolute atomic E-state index is 0.00960. The van der Waals surface area contributed by atoms with Crippen molar-refractivity contribution in [2.45, 2.75) is 94.5 Å². The molecule has 0 N–H and O–H groups in total. The van der Waals surface area contributed by atoms with Crippen LogP contribution in [-0.4, -0.2) is 156 Å². The van der Waals surface area contributed by atoms with Gasteiger partial charge in [0.1, 0.15) is 29.9 Å². The number of piperazine rings is 2. The first-order valence-electron chi connectivity index (χ1n) is 30.3. The number of rotatable bonds is 16. The van der Waals surface area contributed by atoms with Gasteiger partial charge in [0.15, 0.2) is 11.7 Å². The molecule has 89 heavy (non-hydrogen) atoms. The van der Waals surface area contributed by atoms with Gasteiger partial charge in [0.05, 0.1) is 91.4 Å². The largest absolute Gasteiger partial charge is 0.463 e. The highest BCUT2D eigenvalue weighted by Crippen LogP contribution is 2.46. The zero-order valence-electron chi connectivity index (χ0n) is 49.0. The molecule has 2 amide bonds. The van der Waals surface area contributed by atoms with E-state index in [0.717, 1.165) is 58.1 Å². The third-order valence-corrected chi connectivity index (χ3v) is 19.6. The lowest BCUT2D eigenvalue weighted by Gasteiger charge is -2.42. The van der Waals surface area contributed by atoms with Gasteiger partial charge in [0, 0.05) is 110 Å². The molecule has 5 fully saturated rings. The molecule has 13 rings (SSSR count). The van der Waals surface area contributed by atoms with E-state index in [1.54, 1.807) is 12.1 Å². The van der Waals surface area contributed by atoms with Crippen molar-refractivity contribution in [3.63, 3.8) is 0 Å². The Bertz CT molecular complexity index is 3920. The van der Waals surface area contributed by atoms with E-state index in [2.05, 4.69) is 40.0 Å². The summed E-state index contributed by atoms with van der Waals surface area (Å²) in [5, 5.41) is 22.5. The topological polar surface area (TPSA) is 184 Å². The van der Waals surface area contributed by atoms with Crippen LogP contribution in [0.3, 0.4) is 0 Å². The fourth-order valence-electron chi connectivity index (χ4n) is 14.1. The third-order valence-electron chi connectivity index (χ3n) is 18.9. The molecular weight excluding hydrogens is 1190 g/mol. The van der Waals surface area contributed by atoms with Crippen molar-refractivity contribution in [1.82, 2.24) is 34.6 Å². The molecule has 2 aromatic heterocycles. The number of anilines is 4. The lowest BCUT2D eigenvalue weighted by atomic mass is 9.90. The average Bonchev–Trinajstić information content (AvgIpc) is 2.02. The molecule has 1 unspecified atom stereocenters. The van der Waals surface area contributed by atoms with E-state index >= 15 is 8.78 Å². The van der Waals surface area contributed by atoms with Gasteiger partial charge in [-0.15, -0.1) is 0 Å². The SMILES string of the molecule is C=C(F)C(=O)N1CCN(c2nc(OC[C@@H]3CC(c4cc(F)c(Cl)c5c(N6CCc7c(nc(OCC8COC8)nc7N7CCN(C(=O)C(=C)F)[C@@H](CC#N)C7)C6)cccc45)CN3C3CCC3)nc3c2CCN(c2cccc4ccc(F)c(Cl)c24)C3)C[C@@H]1CC#N. The zero-order chi connectivity index (χ0) is 61.8. The second-order valence-electron chi connectivity index (χ2n) is 24.2. The lowest BCUT2D eigenvalue weighted by molar-refractivity contribution is -0.132. The van der Waals surface area contributed by atoms with Crippen molar-refractivity contribution in [1.29, 1.82) is 10.5 Å². The number of amides is 2. The first-order chi connectivity index (χ1) is 43.1. The maximum Gasteiger partial charge on any atom is 0.318 e. The van der Waals surface area contributed by atoms with Crippen LogP contribution in [0.15, 0.2) is 79.4 Å². The number of hydrogen-bond acceptors (Lipinski definition) is 16. The van der Waals surface area contributed by atoms with Gasteiger partial charge in [-0.2, -0.15) is 30.5 Å². The molecule has 0 radical (unpaired) electrons. The van der Waals surface area contributed by atoms with E-state index < -0.39 is 47.2 Å². The summed E-state index contributed by atoms with van der Waals surface area (Å²) in [5.41, 5.74) is 5.45. The highest BCUT2D eigenvalue weighted by Gasteiger charge is 2.42. The third kappa shape index (κ3) is 11.6. The van der Waals surface area contributed by atoms with E-state index in [1.807, 2.05) is 46.2 Å². The van der Waals surface area contributed by atoms with Crippen molar-refractivity contribution < 1.29 is 41.4 Å². The summed E-state index contributed by atoms with van der Waals surface area (Å²) in [4.78, 5) is 59.5. The van der Waals surface area contributed by atoms with E-state index in [0.29, 0.717) is 119 Å². The molecule has 1 saturated carbocycles. The van der Waals surface area contributed by atoms with Gasteiger partial charge in [-0.25, -0.2) is 17.6 Å². The molecule has 8 heterocycles. The summed E-state index contributed by atoms with van der Waals surface area (Å²) in [6.07, 6.45) is 4.65. The Morgan fingerprint density at radius 1 is 0.663 bits per heavy atom. The Kier molecular flexibility index (Phi) is 16.9. The van der Waals surface area contributed by atoms with Gasteiger partial charge in [-0.3, -0.25) is 14.5 Å². The summed E-state index contributed by atoms with van der Waals surface area (Å²) < 4.78 is 78.8. The Hall–Kier alpha value is -8.02. The number of ether oxygens (including phenoxy) is 3. The number of carbonyl (C=O) groups excluding carboxylic acids is 2. The maximum absolute atomic E-state index is 16.8. The number of fused-ring (bicyclic) bond motifs is 4. The first kappa shape index (κ1) is 59.9. The van der Waals surface area contributed by atoms with Gasteiger partial charge in [-0.1, -0.05) is 73.1 Å². The van der Waals surface area contributed by atoms with Crippen LogP contribution in [0.5, 0.6) is 12.0 Å². The number of carbonyl (C=O) groups is 2. The van der Waals surface area contributed by atoms with Crippen LogP contribution in [0.1, 0.15) is 72.5 Å². The van der Waals surface area contributed by atoms with Crippen LogP contribution in [0.2, 0.25) is 10.0 Å². The van der Waals surface area contributed by atoms with Gasteiger partial charge in [0.25, 0.3) is 11.8 Å². The molecule has 4 aromatic carbocycles. The van der Waals surface area contributed by atoms with Gasteiger partial charge >= 0.3 is 12.0 Å². The minimum Gasteiger partial charge on any atom is -0.463 e. The van der Waals surface area contributed by atoms with E-state index in [9.17, 15) is 28.9 Å². The normalized spacial score (nSPS) is 21.4. The predicted octanol–water partition coefficient (Wildman–Crippen LogP) is 9.93. The molecule has 462 valence electrons. The highest BCUT2D eigenvalue weighted by atomic mass is 35.5. The Morgan fingerprint density at radius 2 is 1.22 bits per heavy atom. The smallest absolute Gasteiger partial charge is 0.318 e. The molecule has 4 saturated heterocycles. The Labute approximate surface area is 522 Å². The monoisotopic (exact) mass is 1250 g/mol. The maximum atomic E-state index is 16.8. The summed E-state index contributed by atoms with van der Waals surface area (Å²) >= 11 is 13.8. The molecule has 7 aliphatic rings. The van der Waals surface area contributed by atoms with Crippen LogP contribution in [0.25, 0.3) is 21.5 Å². The number of likely N-dealkylation sites (tertiary alicyclic amines) is 1. The highest BCUT2D eigenvalue weighted by molar-refractivity contribution is 6.37. The summed E-state index contributed by atoms with van der Waals surface area (Å²) in [7, 11) is 0. The number of aromatic nitrogens is 4. The second kappa shape index (κ2) is 25.1. The average molecular weight is 1260 g/mol. The van der Waals surface area contributed by atoms with Crippen molar-refractivity contribution in [3.05, 3.63) is 129 Å². The first-order valence-corrected chi connectivity index (χ1v) is 31.1. The van der Waals surface area contributed by atoms with Crippen molar-refractivity contribution in [2.24, 2.45) is 5.92 Å². The van der Waals surface area contributed by atoms with E-state index in [-0.39, 0.29) is 91.6 Å². The summed E-state index contributed by atoms with van der Waals surface area (Å²) in [5.74, 6) is -3.65. The molecular formula is C65H65Cl2F4N13O5. The van der Waals surface area contributed by atoms with Crippen LogP contribution in [0.4, 0.5) is 40.6 Å². The number of benzene rings is 4. The van der Waals surface area contributed by atoms with Crippen LogP contribution < -0.4 is 29.1 Å². The van der Waals surface area contributed by atoms with Crippen LogP contribution in [-0.2, 0) is 40.3 Å². The predicted molar refractivity (Wildman–Crippen MR) is 329 cm³/mol. The minimum atomic E-state index is -1.09. The van der Waals surface area contributed by atoms with Crippen LogP contribution >= 0.6 is 23.2 Å². The molecule has 6 aliphatic heterocycles. The summed E-state index contributed by atoms with van der Waals surface area (Å²) in [6, 6.07) is 19.8. The second-order valence-corrected chi connectivity index (χ2v) is 24.9. The Balaban J connectivity index is 0.793. The standard InChI is InChI=1S/C65H65Cl2F4N13O5/c1-37(68)62(85)82-24-22-80(29-43(82)14-18-72)60-48-17-21-79(32-53(48)74-64(76-60)88-35-39-33-87-34-39)55-11-5-9-46-49(27-51(71)59(67)57(46)55)41-26-45(84(28-41)42-7-4-8-42)36-89-65-75-52-31-78(54-10-3-6-40-12-13-50(70)58(66)56(40)54)20-16-47(52)61(77-65)81-23-25-83(63(86)38(2)69)44(30-81)15-19-73/h3,5-6,9-13,27,39,41-45H,1-2,4,7-8,14-17,20-26,28-36H2/t41?,43-,44-,45-/m0/s1. The number of nitriles is 2. The van der Waals surface area contributed by atoms with Gasteiger partial charge in [-0.05, 0) is 78.6 Å². The Morgan fingerprint density at radius 3 is 1.76 bits per heavy atom. The molecule has 1 aliphatic carbocycles. The van der Waals surface area contributed by atoms with Crippen molar-refractivity contribution in [2.75, 3.05) is 105 Å². The van der Waals surface area contributed by atoms with Gasteiger partial charge in [0.2, 0.25) is 0 Å². The summed E-state index contributed by atoms with van der Waals surface area (Å²) in [6.45, 7) is 11.7. The zero-order valence-corrected chi connectivity index (χ0v) is 50.5. The molecule has 24 heteroatoms. The van der Waals surface area contributed by atoms with Crippen molar-refractivity contribution >= 4 is 79.6 Å². The molecule has 0 spiro atoms.